The number of hydrogen-bond acceptors (Lipinski definition) is 6. The third-order valence-corrected chi connectivity index (χ3v) is 5.09. The van der Waals surface area contributed by atoms with Gasteiger partial charge in [0.1, 0.15) is 45.8 Å². The van der Waals surface area contributed by atoms with E-state index in [9.17, 15) is 20.1 Å². The molecule has 0 amide bonds. The van der Waals surface area contributed by atoms with Gasteiger partial charge in [-0.15, -0.1) is 0 Å². The minimum absolute atomic E-state index is 0.0158. The van der Waals surface area contributed by atoms with E-state index in [4.69, 9.17) is 9.15 Å². The highest BCUT2D eigenvalue weighted by Gasteiger charge is 2.32. The van der Waals surface area contributed by atoms with Crippen molar-refractivity contribution >= 4 is 17.0 Å². The first-order valence-electron chi connectivity index (χ1n) is 10.1. The number of benzene rings is 2. The second-order valence-electron chi connectivity index (χ2n) is 8.27. The number of phenols is 3. The Labute approximate surface area is 179 Å². The molecule has 6 nitrogen and oxygen atoms in total. The maximum Gasteiger partial charge on any atom is 0.204 e. The first-order chi connectivity index (χ1) is 14.7. The Balaban J connectivity index is 2.08. The van der Waals surface area contributed by atoms with Gasteiger partial charge in [-0.2, -0.15) is 0 Å². The van der Waals surface area contributed by atoms with E-state index in [1.807, 2.05) is 33.8 Å². The van der Waals surface area contributed by atoms with Gasteiger partial charge in [-0.1, -0.05) is 31.6 Å². The average molecular weight is 420 g/mol. The van der Waals surface area contributed by atoms with Crippen molar-refractivity contribution in [3.63, 3.8) is 0 Å². The third-order valence-electron chi connectivity index (χ3n) is 5.09. The highest BCUT2D eigenvalue weighted by Crippen LogP contribution is 2.46. The van der Waals surface area contributed by atoms with E-state index in [2.05, 4.69) is 0 Å². The number of aromatic hydroxyl groups is 3. The van der Waals surface area contributed by atoms with Gasteiger partial charge in [0.25, 0.3) is 0 Å². The fraction of sp³-hybridized carbons (Fsp3) is 0.240. The standard InChI is InChI=1S/C25H24O6/c1-12(2)5-7-15-17(27)11-20-21(23(15)28)24(29)22-19(9-13(3)4)30-18-10-14(26)6-8-16(18)25(22)31-20/h5-12,19,26-28H,1-4H3/b7-5+/t19-/m0/s1. The molecule has 0 spiro atoms. The molecule has 1 aliphatic heterocycles. The molecule has 3 N–H and O–H groups in total. The summed E-state index contributed by atoms with van der Waals surface area (Å²) >= 11 is 0. The van der Waals surface area contributed by atoms with Crippen molar-refractivity contribution in [1.29, 1.82) is 0 Å². The van der Waals surface area contributed by atoms with Gasteiger partial charge < -0.3 is 24.5 Å². The Morgan fingerprint density at radius 3 is 2.55 bits per heavy atom. The molecule has 0 saturated carbocycles. The zero-order valence-electron chi connectivity index (χ0n) is 17.8. The topological polar surface area (TPSA) is 100 Å². The summed E-state index contributed by atoms with van der Waals surface area (Å²) in [5.74, 6) is 0.351. The van der Waals surface area contributed by atoms with Crippen molar-refractivity contribution in [2.45, 2.75) is 33.8 Å². The smallest absolute Gasteiger partial charge is 0.204 e. The van der Waals surface area contributed by atoms with Crippen molar-refractivity contribution < 1.29 is 24.5 Å². The summed E-state index contributed by atoms with van der Waals surface area (Å²) in [6, 6.07) is 5.88. The van der Waals surface area contributed by atoms with Crippen molar-refractivity contribution in [2.75, 3.05) is 0 Å². The SMILES string of the molecule is CC(C)=C[C@@H]1Oc2cc(O)ccc2-c2oc3cc(O)c(/C=C/C(C)C)c(O)c3c(=O)c21. The van der Waals surface area contributed by atoms with Gasteiger partial charge in [0.15, 0.2) is 0 Å². The van der Waals surface area contributed by atoms with Crippen LogP contribution in [0.1, 0.15) is 44.9 Å². The highest BCUT2D eigenvalue weighted by molar-refractivity contribution is 5.92. The monoisotopic (exact) mass is 420 g/mol. The second kappa shape index (κ2) is 7.54. The van der Waals surface area contributed by atoms with Crippen molar-refractivity contribution in [2.24, 2.45) is 5.92 Å². The molecule has 1 aliphatic rings. The lowest BCUT2D eigenvalue weighted by molar-refractivity contribution is 0.243. The molecule has 1 aromatic heterocycles. The van der Waals surface area contributed by atoms with Crippen LogP contribution < -0.4 is 10.2 Å². The molecule has 160 valence electrons. The van der Waals surface area contributed by atoms with Gasteiger partial charge >= 0.3 is 0 Å². The number of rotatable bonds is 3. The number of allylic oxidation sites excluding steroid dienone is 2. The summed E-state index contributed by atoms with van der Waals surface area (Å²) in [7, 11) is 0. The molecule has 0 radical (unpaired) electrons. The Morgan fingerprint density at radius 1 is 1.13 bits per heavy atom. The Kier molecular flexibility index (Phi) is 5.01. The van der Waals surface area contributed by atoms with E-state index in [-0.39, 0.29) is 51.0 Å². The fourth-order valence-electron chi connectivity index (χ4n) is 3.67. The molecular formula is C25H24O6. The summed E-state index contributed by atoms with van der Waals surface area (Å²) in [5, 5.41) is 31.2. The van der Waals surface area contributed by atoms with Gasteiger partial charge in [-0.05, 0) is 38.0 Å². The maximum atomic E-state index is 13.6. The van der Waals surface area contributed by atoms with E-state index in [1.165, 1.54) is 18.2 Å². The number of fused-ring (bicyclic) bond motifs is 4. The fourth-order valence-corrected chi connectivity index (χ4v) is 3.67. The van der Waals surface area contributed by atoms with Crippen molar-refractivity contribution in [1.82, 2.24) is 0 Å². The lowest BCUT2D eigenvalue weighted by Gasteiger charge is -2.26. The zero-order chi connectivity index (χ0) is 22.4. The largest absolute Gasteiger partial charge is 0.508 e. The molecule has 0 unspecified atom stereocenters. The molecule has 4 rings (SSSR count). The second-order valence-corrected chi connectivity index (χ2v) is 8.27. The van der Waals surface area contributed by atoms with Crippen LogP contribution in [0, 0.1) is 5.92 Å². The van der Waals surface area contributed by atoms with Crippen LogP contribution in [-0.4, -0.2) is 15.3 Å². The molecule has 2 aromatic carbocycles. The summed E-state index contributed by atoms with van der Waals surface area (Å²) in [4.78, 5) is 13.6. The summed E-state index contributed by atoms with van der Waals surface area (Å²) in [5.41, 5.74) is 1.48. The summed E-state index contributed by atoms with van der Waals surface area (Å²) in [6.07, 6.45) is 4.44. The molecule has 0 saturated heterocycles. The van der Waals surface area contributed by atoms with E-state index >= 15 is 0 Å². The van der Waals surface area contributed by atoms with E-state index < -0.39 is 11.5 Å². The Morgan fingerprint density at radius 2 is 1.87 bits per heavy atom. The molecule has 2 heterocycles. The first-order valence-corrected chi connectivity index (χ1v) is 10.1. The summed E-state index contributed by atoms with van der Waals surface area (Å²) < 4.78 is 12.1. The van der Waals surface area contributed by atoms with Crippen LogP contribution >= 0.6 is 0 Å². The molecule has 0 bridgehead atoms. The Hall–Kier alpha value is -3.67. The Bertz CT molecular complexity index is 1310. The molecule has 1 atom stereocenters. The molecule has 0 aliphatic carbocycles. The number of ether oxygens (including phenoxy) is 1. The maximum absolute atomic E-state index is 13.6. The molecule has 6 heteroatoms. The van der Waals surface area contributed by atoms with E-state index in [1.54, 1.807) is 18.2 Å². The minimum atomic E-state index is -0.752. The van der Waals surface area contributed by atoms with Gasteiger partial charge in [0.05, 0.1) is 16.7 Å². The van der Waals surface area contributed by atoms with Crippen LogP contribution in [0.3, 0.4) is 0 Å². The van der Waals surface area contributed by atoms with E-state index in [0.717, 1.165) is 5.57 Å². The molecule has 3 aromatic rings. The van der Waals surface area contributed by atoms with Gasteiger partial charge in [0.2, 0.25) is 5.43 Å². The normalized spacial score (nSPS) is 15.1. The van der Waals surface area contributed by atoms with Gasteiger partial charge in [-0.25, -0.2) is 0 Å². The minimum Gasteiger partial charge on any atom is -0.508 e. The van der Waals surface area contributed by atoms with E-state index in [0.29, 0.717) is 11.3 Å². The lowest BCUT2D eigenvalue weighted by Crippen LogP contribution is -2.22. The lowest BCUT2D eigenvalue weighted by atomic mass is 9.94. The van der Waals surface area contributed by atoms with Crippen LogP contribution in [0.5, 0.6) is 23.0 Å². The third kappa shape index (κ3) is 3.54. The zero-order valence-corrected chi connectivity index (χ0v) is 17.8. The predicted molar refractivity (Wildman–Crippen MR) is 120 cm³/mol. The number of phenolic OH excluding ortho intramolecular Hbond substituents is 3. The molecule has 0 fully saturated rings. The highest BCUT2D eigenvalue weighted by atomic mass is 16.5. The summed E-state index contributed by atoms with van der Waals surface area (Å²) in [6.45, 7) is 7.70. The number of hydrogen-bond donors (Lipinski definition) is 3. The first kappa shape index (κ1) is 20.6. The molecular weight excluding hydrogens is 396 g/mol. The predicted octanol–water partition coefficient (Wildman–Crippen LogP) is 5.65. The van der Waals surface area contributed by atoms with Crippen LogP contribution in [0.4, 0.5) is 0 Å². The van der Waals surface area contributed by atoms with Crippen LogP contribution in [0.25, 0.3) is 28.4 Å². The van der Waals surface area contributed by atoms with Crippen LogP contribution in [0.15, 0.2) is 51.2 Å². The van der Waals surface area contributed by atoms with Gasteiger partial charge in [-0.3, -0.25) is 4.79 Å². The quantitative estimate of drug-likeness (QED) is 0.474. The van der Waals surface area contributed by atoms with Gasteiger partial charge in [0, 0.05) is 12.1 Å². The molecule has 31 heavy (non-hydrogen) atoms. The van der Waals surface area contributed by atoms with Crippen molar-refractivity contribution in [3.05, 3.63) is 63.3 Å². The van der Waals surface area contributed by atoms with Crippen molar-refractivity contribution in [3.8, 4) is 34.3 Å². The van der Waals surface area contributed by atoms with Crippen LogP contribution in [0.2, 0.25) is 0 Å². The van der Waals surface area contributed by atoms with Crippen LogP contribution in [-0.2, 0) is 0 Å². The average Bonchev–Trinajstić information content (AvgIpc) is 2.66.